The Bertz CT molecular complexity index is 210. The van der Waals surface area contributed by atoms with Crippen molar-refractivity contribution in [3.63, 3.8) is 0 Å². The van der Waals surface area contributed by atoms with Crippen LogP contribution in [0.15, 0.2) is 0 Å². The Kier molecular flexibility index (Phi) is 6.29. The molecule has 1 rings (SSSR count). The smallest absolute Gasteiger partial charge is 0.0743 e. The normalized spacial score (nSPS) is 20.9. The second-order valence-corrected chi connectivity index (χ2v) is 5.52. The van der Waals surface area contributed by atoms with Gasteiger partial charge in [-0.15, -0.1) is 0 Å². The van der Waals surface area contributed by atoms with Crippen molar-refractivity contribution in [2.45, 2.75) is 58.4 Å². The second kappa shape index (κ2) is 7.23. The van der Waals surface area contributed by atoms with Crippen LogP contribution in [0, 0.1) is 5.92 Å². The molecule has 1 aliphatic heterocycles. The second-order valence-electron chi connectivity index (χ2n) is 5.00. The van der Waals surface area contributed by atoms with Crippen LogP contribution < -0.4 is 5.73 Å². The fourth-order valence-electron chi connectivity index (χ4n) is 2.78. The monoisotopic (exact) mass is 242 g/mol. The molecular weight excluding hydrogens is 216 g/mol. The maximum absolute atomic E-state index is 5.66. The Morgan fingerprint density at radius 2 is 2.00 bits per heavy atom. The first-order valence-corrected chi connectivity index (χ1v) is 7.10. The lowest BCUT2D eigenvalue weighted by atomic mass is 9.91. The third-order valence-electron chi connectivity index (χ3n) is 3.77. The minimum Gasteiger partial charge on any atom is -0.393 e. The van der Waals surface area contributed by atoms with E-state index in [2.05, 4.69) is 18.7 Å². The molecule has 16 heavy (non-hydrogen) atoms. The summed E-state index contributed by atoms with van der Waals surface area (Å²) in [5.74, 6) is 0.962. The van der Waals surface area contributed by atoms with E-state index in [0.717, 1.165) is 18.8 Å². The lowest BCUT2D eigenvalue weighted by molar-refractivity contribution is 0.128. The van der Waals surface area contributed by atoms with E-state index in [-0.39, 0.29) is 0 Å². The Morgan fingerprint density at radius 1 is 1.38 bits per heavy atom. The molecule has 1 heterocycles. The predicted molar refractivity (Wildman–Crippen MR) is 74.7 cm³/mol. The van der Waals surface area contributed by atoms with Gasteiger partial charge in [-0.05, 0) is 38.3 Å². The van der Waals surface area contributed by atoms with Gasteiger partial charge in [0, 0.05) is 12.5 Å². The number of hydrogen-bond donors (Lipinski definition) is 1. The summed E-state index contributed by atoms with van der Waals surface area (Å²) in [5.41, 5.74) is 5.66. The van der Waals surface area contributed by atoms with Crippen molar-refractivity contribution in [2.75, 3.05) is 13.1 Å². The predicted octanol–water partition coefficient (Wildman–Crippen LogP) is 2.95. The maximum Gasteiger partial charge on any atom is 0.0743 e. The number of nitrogens with two attached hydrogens (primary N) is 1. The van der Waals surface area contributed by atoms with Crippen LogP contribution in [0.3, 0.4) is 0 Å². The van der Waals surface area contributed by atoms with Crippen LogP contribution in [0.2, 0.25) is 0 Å². The Hall–Kier alpha value is -0.150. The van der Waals surface area contributed by atoms with Crippen LogP contribution in [-0.4, -0.2) is 29.0 Å². The molecule has 0 aromatic heterocycles. The van der Waals surface area contributed by atoms with Gasteiger partial charge in [-0.1, -0.05) is 38.9 Å². The summed E-state index contributed by atoms with van der Waals surface area (Å²) in [6.07, 6.45) is 7.51. The third kappa shape index (κ3) is 4.38. The molecule has 1 aliphatic rings. The highest BCUT2D eigenvalue weighted by molar-refractivity contribution is 7.80. The highest BCUT2D eigenvalue weighted by atomic mass is 32.1. The van der Waals surface area contributed by atoms with E-state index in [4.69, 9.17) is 18.0 Å². The maximum atomic E-state index is 5.66. The van der Waals surface area contributed by atoms with Gasteiger partial charge < -0.3 is 5.73 Å². The van der Waals surface area contributed by atoms with Crippen molar-refractivity contribution in [3.8, 4) is 0 Å². The minimum absolute atomic E-state index is 0.583. The molecule has 1 saturated heterocycles. The highest BCUT2D eigenvalue weighted by Crippen LogP contribution is 2.24. The molecule has 0 radical (unpaired) electrons. The number of nitrogens with zero attached hydrogens (tertiary/aromatic N) is 1. The lowest BCUT2D eigenvalue weighted by Gasteiger charge is -2.37. The zero-order chi connectivity index (χ0) is 12.0. The first-order valence-electron chi connectivity index (χ1n) is 6.69. The molecule has 0 aromatic rings. The van der Waals surface area contributed by atoms with Gasteiger partial charge in [-0.2, -0.15) is 0 Å². The topological polar surface area (TPSA) is 29.3 Å². The molecule has 0 saturated carbocycles. The summed E-state index contributed by atoms with van der Waals surface area (Å²) in [6, 6.07) is 0.583. The molecule has 2 N–H and O–H groups in total. The van der Waals surface area contributed by atoms with E-state index >= 15 is 0 Å². The van der Waals surface area contributed by atoms with Crippen LogP contribution >= 0.6 is 12.2 Å². The van der Waals surface area contributed by atoms with Crippen molar-refractivity contribution in [1.82, 2.24) is 4.90 Å². The van der Waals surface area contributed by atoms with Crippen molar-refractivity contribution in [3.05, 3.63) is 0 Å². The largest absolute Gasteiger partial charge is 0.393 e. The summed E-state index contributed by atoms with van der Waals surface area (Å²) < 4.78 is 0. The summed E-state index contributed by atoms with van der Waals surface area (Å²) >= 11 is 5.02. The molecule has 0 aliphatic carbocycles. The quantitative estimate of drug-likeness (QED) is 0.726. The third-order valence-corrected chi connectivity index (χ3v) is 3.94. The first kappa shape index (κ1) is 13.9. The van der Waals surface area contributed by atoms with Crippen molar-refractivity contribution >= 4 is 17.2 Å². The van der Waals surface area contributed by atoms with E-state index in [0.29, 0.717) is 11.0 Å². The number of likely N-dealkylation sites (tertiary alicyclic amines) is 1. The number of thiocarbonyl (C=S) groups is 1. The Labute approximate surface area is 106 Å². The number of rotatable bonds is 6. The highest BCUT2D eigenvalue weighted by Gasteiger charge is 2.23. The summed E-state index contributed by atoms with van der Waals surface area (Å²) in [6.45, 7) is 7.01. The SMILES string of the molecule is CCCC1CCN(C(CC)CC(N)=S)CC1. The fourth-order valence-corrected chi connectivity index (χ4v) is 2.97. The molecule has 0 amide bonds. The van der Waals surface area contributed by atoms with Gasteiger partial charge in [0.2, 0.25) is 0 Å². The summed E-state index contributed by atoms with van der Waals surface area (Å²) in [5, 5.41) is 0. The molecule has 3 heteroatoms. The molecular formula is C13H26N2S. The zero-order valence-corrected chi connectivity index (χ0v) is 11.6. The van der Waals surface area contributed by atoms with Crippen LogP contribution in [0.5, 0.6) is 0 Å². The molecule has 94 valence electrons. The average Bonchev–Trinajstić information content (AvgIpc) is 2.27. The van der Waals surface area contributed by atoms with Gasteiger partial charge in [-0.3, -0.25) is 4.90 Å². The lowest BCUT2D eigenvalue weighted by Crippen LogP contribution is -2.42. The molecule has 1 atom stereocenters. The molecule has 2 nitrogen and oxygen atoms in total. The van der Waals surface area contributed by atoms with Crippen LogP contribution in [0.25, 0.3) is 0 Å². The molecule has 0 spiro atoms. The molecule has 0 bridgehead atoms. The average molecular weight is 242 g/mol. The number of piperidine rings is 1. The minimum atomic E-state index is 0.583. The van der Waals surface area contributed by atoms with E-state index in [1.807, 2.05) is 0 Å². The first-order chi connectivity index (χ1) is 7.67. The zero-order valence-electron chi connectivity index (χ0n) is 10.7. The van der Waals surface area contributed by atoms with Crippen molar-refractivity contribution < 1.29 is 0 Å². The summed E-state index contributed by atoms with van der Waals surface area (Å²) in [7, 11) is 0. The molecule has 0 aromatic carbocycles. The number of hydrogen-bond acceptors (Lipinski definition) is 2. The molecule has 1 unspecified atom stereocenters. The van der Waals surface area contributed by atoms with Gasteiger partial charge in [0.25, 0.3) is 0 Å². The standard InChI is InChI=1S/C13H26N2S/c1-3-5-11-6-8-15(9-7-11)12(4-2)10-13(14)16/h11-12H,3-10H2,1-2H3,(H2,14,16). The van der Waals surface area contributed by atoms with Gasteiger partial charge in [0.05, 0.1) is 4.99 Å². The van der Waals surface area contributed by atoms with E-state index in [1.165, 1.54) is 38.8 Å². The Morgan fingerprint density at radius 3 is 2.44 bits per heavy atom. The molecule has 1 fully saturated rings. The van der Waals surface area contributed by atoms with Crippen molar-refractivity contribution in [1.29, 1.82) is 0 Å². The Balaban J connectivity index is 2.35. The van der Waals surface area contributed by atoms with E-state index < -0.39 is 0 Å². The van der Waals surface area contributed by atoms with Crippen LogP contribution in [0.4, 0.5) is 0 Å². The van der Waals surface area contributed by atoms with E-state index in [1.54, 1.807) is 0 Å². The van der Waals surface area contributed by atoms with Gasteiger partial charge in [0.15, 0.2) is 0 Å². The van der Waals surface area contributed by atoms with Crippen molar-refractivity contribution in [2.24, 2.45) is 11.7 Å². The van der Waals surface area contributed by atoms with Gasteiger partial charge in [-0.25, -0.2) is 0 Å². The van der Waals surface area contributed by atoms with E-state index in [9.17, 15) is 0 Å². The van der Waals surface area contributed by atoms with Crippen LogP contribution in [-0.2, 0) is 0 Å². The van der Waals surface area contributed by atoms with Gasteiger partial charge in [0.1, 0.15) is 0 Å². The van der Waals surface area contributed by atoms with Crippen LogP contribution in [0.1, 0.15) is 52.4 Å². The summed E-state index contributed by atoms with van der Waals surface area (Å²) in [4.78, 5) is 3.26. The fraction of sp³-hybridized carbons (Fsp3) is 0.923. The van der Waals surface area contributed by atoms with Gasteiger partial charge >= 0.3 is 0 Å².